The van der Waals surface area contributed by atoms with Crippen LogP contribution in [0.1, 0.15) is 33.6 Å². The molecule has 1 fully saturated rings. The lowest BCUT2D eigenvalue weighted by molar-refractivity contribution is -0.144. The third kappa shape index (κ3) is 3.69. The van der Waals surface area contributed by atoms with Crippen LogP contribution in [0.4, 0.5) is 13.2 Å². The molecule has 0 bridgehead atoms. The summed E-state index contributed by atoms with van der Waals surface area (Å²) in [6.07, 6.45) is -5.37. The molecule has 2 atom stereocenters. The van der Waals surface area contributed by atoms with E-state index >= 15 is 0 Å². The first kappa shape index (κ1) is 14.9. The SMILES string of the molecule is CC(CC(F)(F)F)NC1CC(=O)N(C(C)C)C1=O. The van der Waals surface area contributed by atoms with Crippen molar-refractivity contribution in [1.29, 1.82) is 0 Å². The minimum Gasteiger partial charge on any atom is -0.303 e. The molecule has 0 aromatic rings. The van der Waals surface area contributed by atoms with E-state index in [1.54, 1.807) is 13.8 Å². The minimum absolute atomic E-state index is 0.0702. The third-order valence-electron chi connectivity index (χ3n) is 2.72. The van der Waals surface area contributed by atoms with Crippen molar-refractivity contribution in [3.63, 3.8) is 0 Å². The van der Waals surface area contributed by atoms with E-state index in [-0.39, 0.29) is 18.4 Å². The fourth-order valence-corrected chi connectivity index (χ4v) is 2.07. The van der Waals surface area contributed by atoms with Gasteiger partial charge in [-0.25, -0.2) is 0 Å². The molecule has 2 unspecified atom stereocenters. The maximum absolute atomic E-state index is 12.2. The van der Waals surface area contributed by atoms with Gasteiger partial charge in [-0.2, -0.15) is 13.2 Å². The average Bonchev–Trinajstić information content (AvgIpc) is 2.37. The number of carbonyl (C=O) groups is 2. The molecule has 0 aromatic carbocycles. The van der Waals surface area contributed by atoms with E-state index in [1.165, 1.54) is 6.92 Å². The maximum Gasteiger partial charge on any atom is 0.390 e. The Balaban J connectivity index is 2.60. The van der Waals surface area contributed by atoms with Gasteiger partial charge in [0, 0.05) is 12.1 Å². The van der Waals surface area contributed by atoms with Crippen LogP contribution in [0, 0.1) is 0 Å². The van der Waals surface area contributed by atoms with Crippen LogP contribution in [0.25, 0.3) is 0 Å². The van der Waals surface area contributed by atoms with Gasteiger partial charge in [0.05, 0.1) is 18.9 Å². The Kier molecular flexibility index (Phi) is 4.37. The Morgan fingerprint density at radius 3 is 2.28 bits per heavy atom. The molecule has 0 aromatic heterocycles. The Morgan fingerprint density at radius 1 is 1.33 bits per heavy atom. The lowest BCUT2D eigenvalue weighted by Crippen LogP contribution is -2.45. The fraction of sp³-hybridized carbons (Fsp3) is 0.818. The van der Waals surface area contributed by atoms with Gasteiger partial charge in [0.1, 0.15) is 0 Å². The number of carbonyl (C=O) groups excluding carboxylic acids is 2. The van der Waals surface area contributed by atoms with Crippen molar-refractivity contribution in [2.45, 2.75) is 57.9 Å². The molecule has 0 spiro atoms. The van der Waals surface area contributed by atoms with Crippen molar-refractivity contribution in [2.75, 3.05) is 0 Å². The molecule has 1 aliphatic rings. The Labute approximate surface area is 104 Å². The van der Waals surface area contributed by atoms with Gasteiger partial charge < -0.3 is 5.32 Å². The normalized spacial score (nSPS) is 23.1. The molecule has 18 heavy (non-hydrogen) atoms. The number of amides is 2. The van der Waals surface area contributed by atoms with Crippen molar-refractivity contribution in [2.24, 2.45) is 0 Å². The zero-order chi connectivity index (χ0) is 14.1. The molecule has 1 rings (SSSR count). The van der Waals surface area contributed by atoms with E-state index in [4.69, 9.17) is 0 Å². The highest BCUT2D eigenvalue weighted by atomic mass is 19.4. The molecular formula is C11H17F3N2O2. The standard InChI is InChI=1S/C11H17F3N2O2/c1-6(2)16-9(17)4-8(10(16)18)15-7(3)5-11(12,13)14/h6-8,15H,4-5H2,1-3H3. The molecule has 0 radical (unpaired) electrons. The van der Waals surface area contributed by atoms with Gasteiger partial charge in [-0.05, 0) is 20.8 Å². The molecule has 1 saturated heterocycles. The summed E-state index contributed by atoms with van der Waals surface area (Å²) in [5.74, 6) is -0.782. The highest BCUT2D eigenvalue weighted by Gasteiger charge is 2.41. The first-order valence-electron chi connectivity index (χ1n) is 5.80. The smallest absolute Gasteiger partial charge is 0.303 e. The van der Waals surface area contributed by atoms with E-state index in [0.29, 0.717) is 0 Å². The second-order valence-electron chi connectivity index (χ2n) is 4.84. The third-order valence-corrected chi connectivity index (χ3v) is 2.72. The topological polar surface area (TPSA) is 49.4 Å². The van der Waals surface area contributed by atoms with Gasteiger partial charge in [0.25, 0.3) is 0 Å². The van der Waals surface area contributed by atoms with Gasteiger partial charge in [0.2, 0.25) is 11.8 Å². The van der Waals surface area contributed by atoms with Crippen molar-refractivity contribution in [3.05, 3.63) is 0 Å². The molecule has 1 aliphatic heterocycles. The number of nitrogens with one attached hydrogen (secondary N) is 1. The summed E-state index contributed by atoms with van der Waals surface area (Å²) in [6, 6.07) is -1.99. The van der Waals surface area contributed by atoms with Crippen LogP contribution in [0.2, 0.25) is 0 Å². The summed E-state index contributed by atoms with van der Waals surface area (Å²) in [5, 5.41) is 2.57. The van der Waals surface area contributed by atoms with Crippen molar-refractivity contribution >= 4 is 11.8 Å². The van der Waals surface area contributed by atoms with E-state index in [0.717, 1.165) is 4.90 Å². The van der Waals surface area contributed by atoms with Crippen LogP contribution in [0.5, 0.6) is 0 Å². The Bertz CT molecular complexity index is 342. The van der Waals surface area contributed by atoms with E-state index in [1.807, 2.05) is 0 Å². The number of hydrogen-bond acceptors (Lipinski definition) is 3. The number of rotatable bonds is 4. The molecule has 7 heteroatoms. The van der Waals surface area contributed by atoms with Crippen LogP contribution in [-0.2, 0) is 9.59 Å². The van der Waals surface area contributed by atoms with Crippen LogP contribution in [0.15, 0.2) is 0 Å². The van der Waals surface area contributed by atoms with E-state index in [2.05, 4.69) is 5.32 Å². The van der Waals surface area contributed by atoms with E-state index < -0.39 is 30.6 Å². The highest BCUT2D eigenvalue weighted by molar-refractivity contribution is 6.05. The Morgan fingerprint density at radius 2 is 1.89 bits per heavy atom. The van der Waals surface area contributed by atoms with Gasteiger partial charge >= 0.3 is 6.18 Å². The molecular weight excluding hydrogens is 249 g/mol. The number of halogens is 3. The number of nitrogens with zero attached hydrogens (tertiary/aromatic N) is 1. The Hall–Kier alpha value is -1.11. The maximum atomic E-state index is 12.2. The predicted molar refractivity (Wildman–Crippen MR) is 58.7 cm³/mol. The van der Waals surface area contributed by atoms with Crippen LogP contribution >= 0.6 is 0 Å². The lowest BCUT2D eigenvalue weighted by atomic mass is 10.1. The zero-order valence-electron chi connectivity index (χ0n) is 10.5. The molecule has 1 N–H and O–H groups in total. The molecule has 4 nitrogen and oxygen atoms in total. The summed E-state index contributed by atoms with van der Waals surface area (Å²) >= 11 is 0. The first-order chi connectivity index (χ1) is 8.11. The van der Waals surface area contributed by atoms with Crippen molar-refractivity contribution < 1.29 is 22.8 Å². The highest BCUT2D eigenvalue weighted by Crippen LogP contribution is 2.23. The number of hydrogen-bond donors (Lipinski definition) is 1. The summed E-state index contributed by atoms with van der Waals surface area (Å²) in [4.78, 5) is 24.5. The fourth-order valence-electron chi connectivity index (χ4n) is 2.07. The molecule has 0 saturated carbocycles. The van der Waals surface area contributed by atoms with Crippen LogP contribution < -0.4 is 5.32 Å². The molecule has 0 aliphatic carbocycles. The second-order valence-corrected chi connectivity index (χ2v) is 4.84. The van der Waals surface area contributed by atoms with Crippen LogP contribution in [-0.4, -0.2) is 41.0 Å². The van der Waals surface area contributed by atoms with Gasteiger partial charge in [0.15, 0.2) is 0 Å². The van der Waals surface area contributed by atoms with Gasteiger partial charge in [-0.3, -0.25) is 14.5 Å². The van der Waals surface area contributed by atoms with Crippen molar-refractivity contribution in [3.8, 4) is 0 Å². The average molecular weight is 266 g/mol. The summed E-state index contributed by atoms with van der Waals surface area (Å²) < 4.78 is 36.5. The number of alkyl halides is 3. The number of likely N-dealkylation sites (tertiary alicyclic amines) is 1. The van der Waals surface area contributed by atoms with Crippen molar-refractivity contribution in [1.82, 2.24) is 10.2 Å². The minimum atomic E-state index is -4.28. The summed E-state index contributed by atoms with van der Waals surface area (Å²) in [5.41, 5.74) is 0. The van der Waals surface area contributed by atoms with Gasteiger partial charge in [-0.1, -0.05) is 0 Å². The quantitative estimate of drug-likeness (QED) is 0.784. The van der Waals surface area contributed by atoms with E-state index in [9.17, 15) is 22.8 Å². The number of imide groups is 1. The molecule has 104 valence electrons. The summed E-state index contributed by atoms with van der Waals surface area (Å²) in [6.45, 7) is 4.73. The largest absolute Gasteiger partial charge is 0.390 e. The summed E-state index contributed by atoms with van der Waals surface area (Å²) in [7, 11) is 0. The molecule has 1 heterocycles. The lowest BCUT2D eigenvalue weighted by Gasteiger charge is -2.21. The van der Waals surface area contributed by atoms with Crippen LogP contribution in [0.3, 0.4) is 0 Å². The second kappa shape index (κ2) is 5.26. The van der Waals surface area contributed by atoms with Gasteiger partial charge in [-0.15, -0.1) is 0 Å². The monoisotopic (exact) mass is 266 g/mol. The molecule has 2 amide bonds. The zero-order valence-corrected chi connectivity index (χ0v) is 10.5. The first-order valence-corrected chi connectivity index (χ1v) is 5.80. The predicted octanol–water partition coefficient (Wildman–Crippen LogP) is 1.45.